The lowest BCUT2D eigenvalue weighted by molar-refractivity contribution is 0.393. The van der Waals surface area contributed by atoms with Gasteiger partial charge in [-0.1, -0.05) is 0 Å². The standard InChI is InChI=1S/C10H14NO2/c1-12-9-5-8(3-4-11)6-10(7-9)13-2/h5-7,11H,3-4H2,1-2H3. The van der Waals surface area contributed by atoms with Crippen molar-refractivity contribution in [3.63, 3.8) is 0 Å². The highest BCUT2D eigenvalue weighted by atomic mass is 16.5. The van der Waals surface area contributed by atoms with Crippen LogP contribution in [0.5, 0.6) is 11.5 Å². The highest BCUT2D eigenvalue weighted by Crippen LogP contribution is 2.22. The second-order valence-electron chi connectivity index (χ2n) is 2.72. The molecule has 0 saturated heterocycles. The second kappa shape index (κ2) is 4.72. The Morgan fingerprint density at radius 3 is 2.00 bits per heavy atom. The summed E-state index contributed by atoms with van der Waals surface area (Å²) in [7, 11) is 3.25. The van der Waals surface area contributed by atoms with Crippen LogP contribution in [-0.2, 0) is 6.42 Å². The molecule has 0 saturated carbocycles. The van der Waals surface area contributed by atoms with Crippen molar-refractivity contribution >= 4 is 0 Å². The van der Waals surface area contributed by atoms with E-state index in [2.05, 4.69) is 0 Å². The van der Waals surface area contributed by atoms with Crippen LogP contribution in [0.15, 0.2) is 18.2 Å². The van der Waals surface area contributed by atoms with Gasteiger partial charge in [0.05, 0.1) is 14.2 Å². The molecule has 0 unspecified atom stereocenters. The van der Waals surface area contributed by atoms with Crippen LogP contribution in [0.4, 0.5) is 0 Å². The molecule has 0 spiro atoms. The summed E-state index contributed by atoms with van der Waals surface area (Å²) in [6.07, 6.45) is 0.730. The van der Waals surface area contributed by atoms with Gasteiger partial charge in [0.2, 0.25) is 0 Å². The van der Waals surface area contributed by atoms with E-state index >= 15 is 0 Å². The maximum Gasteiger partial charge on any atom is 0.122 e. The highest BCUT2D eigenvalue weighted by Gasteiger charge is 2.00. The molecule has 3 nitrogen and oxygen atoms in total. The molecular formula is C10H14NO2. The lowest BCUT2D eigenvalue weighted by Crippen LogP contribution is -1.95. The van der Waals surface area contributed by atoms with Crippen LogP contribution in [0.25, 0.3) is 0 Å². The molecule has 0 aromatic heterocycles. The van der Waals surface area contributed by atoms with Gasteiger partial charge in [0.1, 0.15) is 11.5 Å². The Labute approximate surface area is 78.5 Å². The second-order valence-corrected chi connectivity index (χ2v) is 2.72. The van der Waals surface area contributed by atoms with Gasteiger partial charge in [0.25, 0.3) is 0 Å². The molecule has 0 fully saturated rings. The van der Waals surface area contributed by atoms with Crippen molar-refractivity contribution in [3.05, 3.63) is 23.8 Å². The van der Waals surface area contributed by atoms with Crippen LogP contribution < -0.4 is 15.2 Å². The third kappa shape index (κ3) is 2.63. The number of benzene rings is 1. The maximum atomic E-state index is 7.11. The van der Waals surface area contributed by atoms with Crippen LogP contribution in [-0.4, -0.2) is 20.8 Å². The smallest absolute Gasteiger partial charge is 0.122 e. The lowest BCUT2D eigenvalue weighted by atomic mass is 10.1. The fraction of sp³-hybridized carbons (Fsp3) is 0.400. The van der Waals surface area contributed by atoms with E-state index in [1.165, 1.54) is 0 Å². The summed E-state index contributed by atoms with van der Waals surface area (Å²) in [5.41, 5.74) is 8.19. The predicted molar refractivity (Wildman–Crippen MR) is 51.2 cm³/mol. The van der Waals surface area contributed by atoms with E-state index in [0.29, 0.717) is 6.54 Å². The fourth-order valence-electron chi connectivity index (χ4n) is 1.16. The first-order valence-electron chi connectivity index (χ1n) is 4.16. The Balaban J connectivity index is 2.93. The van der Waals surface area contributed by atoms with Crippen molar-refractivity contribution in [2.45, 2.75) is 6.42 Å². The molecule has 0 amide bonds. The summed E-state index contributed by atoms with van der Waals surface area (Å²) in [4.78, 5) is 0. The number of methoxy groups -OCH3 is 2. The zero-order valence-electron chi connectivity index (χ0n) is 7.96. The molecule has 1 radical (unpaired) electrons. The van der Waals surface area contributed by atoms with Crippen molar-refractivity contribution < 1.29 is 9.47 Å². The molecule has 0 aliphatic carbocycles. The molecule has 0 aliphatic heterocycles. The molecule has 0 aliphatic rings. The van der Waals surface area contributed by atoms with E-state index in [4.69, 9.17) is 15.2 Å². The minimum atomic E-state index is 0.385. The molecule has 1 rings (SSSR count). The summed E-state index contributed by atoms with van der Waals surface area (Å²) in [6.45, 7) is 0.385. The minimum Gasteiger partial charge on any atom is -0.497 e. The van der Waals surface area contributed by atoms with E-state index in [-0.39, 0.29) is 0 Å². The van der Waals surface area contributed by atoms with Crippen molar-refractivity contribution in [1.29, 1.82) is 0 Å². The van der Waals surface area contributed by atoms with E-state index in [1.807, 2.05) is 18.2 Å². The third-order valence-electron chi connectivity index (χ3n) is 1.82. The molecule has 1 aromatic carbocycles. The predicted octanol–water partition coefficient (Wildman–Crippen LogP) is 1.53. The van der Waals surface area contributed by atoms with Crippen molar-refractivity contribution in [3.8, 4) is 11.5 Å². The topological polar surface area (TPSA) is 42.3 Å². The number of ether oxygens (including phenoxy) is 2. The fourth-order valence-corrected chi connectivity index (χ4v) is 1.16. The summed E-state index contributed by atoms with van der Waals surface area (Å²) < 4.78 is 10.2. The molecule has 71 valence electrons. The van der Waals surface area contributed by atoms with Crippen LogP contribution in [0, 0.1) is 0 Å². The van der Waals surface area contributed by atoms with E-state index in [9.17, 15) is 0 Å². The monoisotopic (exact) mass is 180 g/mol. The summed E-state index contributed by atoms with van der Waals surface area (Å²) in [5.74, 6) is 1.56. The van der Waals surface area contributed by atoms with Crippen molar-refractivity contribution in [2.24, 2.45) is 0 Å². The number of hydrogen-bond donors (Lipinski definition) is 0. The van der Waals surface area contributed by atoms with Gasteiger partial charge in [0, 0.05) is 12.6 Å². The van der Waals surface area contributed by atoms with Crippen LogP contribution in [0.3, 0.4) is 0 Å². The Kier molecular flexibility index (Phi) is 3.58. The largest absolute Gasteiger partial charge is 0.497 e. The van der Waals surface area contributed by atoms with Crippen LogP contribution in [0.2, 0.25) is 0 Å². The number of hydrogen-bond acceptors (Lipinski definition) is 2. The van der Waals surface area contributed by atoms with Gasteiger partial charge in [-0.3, -0.25) is 5.73 Å². The summed E-state index contributed by atoms with van der Waals surface area (Å²) >= 11 is 0. The molecule has 3 heteroatoms. The Morgan fingerprint density at radius 2 is 1.62 bits per heavy atom. The molecule has 1 aromatic rings. The molecule has 0 heterocycles. The average Bonchev–Trinajstić information content (AvgIpc) is 2.17. The van der Waals surface area contributed by atoms with E-state index in [0.717, 1.165) is 23.5 Å². The summed E-state index contributed by atoms with van der Waals surface area (Å²) in [6, 6.07) is 5.68. The minimum absolute atomic E-state index is 0.385. The Bertz CT molecular complexity index is 251. The Morgan fingerprint density at radius 1 is 1.08 bits per heavy atom. The molecule has 0 atom stereocenters. The van der Waals surface area contributed by atoms with Crippen molar-refractivity contribution in [2.75, 3.05) is 20.8 Å². The van der Waals surface area contributed by atoms with Gasteiger partial charge in [-0.25, -0.2) is 0 Å². The van der Waals surface area contributed by atoms with Gasteiger partial charge in [0.15, 0.2) is 0 Å². The molecule has 1 N–H and O–H groups in total. The maximum absolute atomic E-state index is 7.11. The average molecular weight is 180 g/mol. The molecule has 0 bridgehead atoms. The van der Waals surface area contributed by atoms with Gasteiger partial charge >= 0.3 is 0 Å². The van der Waals surface area contributed by atoms with Crippen LogP contribution in [0.1, 0.15) is 5.56 Å². The number of rotatable bonds is 4. The molecular weight excluding hydrogens is 166 g/mol. The first kappa shape index (κ1) is 9.86. The van der Waals surface area contributed by atoms with Gasteiger partial charge in [-0.15, -0.1) is 0 Å². The zero-order chi connectivity index (χ0) is 9.68. The Hall–Kier alpha value is -1.22. The molecule has 13 heavy (non-hydrogen) atoms. The van der Waals surface area contributed by atoms with E-state index in [1.54, 1.807) is 14.2 Å². The van der Waals surface area contributed by atoms with Gasteiger partial charge in [-0.2, -0.15) is 0 Å². The van der Waals surface area contributed by atoms with Gasteiger partial charge in [-0.05, 0) is 24.1 Å². The summed E-state index contributed by atoms with van der Waals surface area (Å²) in [5, 5.41) is 0. The quantitative estimate of drug-likeness (QED) is 0.705. The third-order valence-corrected chi connectivity index (χ3v) is 1.82. The van der Waals surface area contributed by atoms with E-state index < -0.39 is 0 Å². The SMILES string of the molecule is COc1cc(CC[NH])cc(OC)c1. The first-order chi connectivity index (χ1) is 6.30. The van der Waals surface area contributed by atoms with Crippen LogP contribution >= 0.6 is 0 Å². The lowest BCUT2D eigenvalue weighted by Gasteiger charge is -2.07. The van der Waals surface area contributed by atoms with Gasteiger partial charge < -0.3 is 9.47 Å². The zero-order valence-corrected chi connectivity index (χ0v) is 7.96. The normalized spacial score (nSPS) is 9.77. The first-order valence-corrected chi connectivity index (χ1v) is 4.16. The number of nitrogens with one attached hydrogen (secondary N) is 1. The van der Waals surface area contributed by atoms with Crippen molar-refractivity contribution in [1.82, 2.24) is 5.73 Å². The highest BCUT2D eigenvalue weighted by molar-refractivity contribution is 5.38.